The molecule has 35 heavy (non-hydrogen) atoms. The molecular weight excluding hydrogens is 480 g/mol. The van der Waals surface area contributed by atoms with Crippen molar-refractivity contribution in [1.82, 2.24) is 0 Å². The first-order chi connectivity index (χ1) is 15.9. The van der Waals surface area contributed by atoms with Crippen LogP contribution in [0.3, 0.4) is 0 Å². The van der Waals surface area contributed by atoms with E-state index in [1.807, 2.05) is 6.92 Å². The maximum absolute atomic E-state index is 9.74. The van der Waals surface area contributed by atoms with Crippen molar-refractivity contribution in [2.45, 2.75) is 140 Å². The van der Waals surface area contributed by atoms with Gasteiger partial charge in [-0.3, -0.25) is 0 Å². The number of hydrogen-bond acceptors (Lipinski definition) is 7. The van der Waals surface area contributed by atoms with Crippen LogP contribution >= 0.6 is 0 Å². The fraction of sp³-hybridized carbons (Fsp3) is 1.00. The smallest absolute Gasteiger partial charge is 0.349 e. The maximum atomic E-state index is 9.74. The van der Waals surface area contributed by atoms with Gasteiger partial charge in [0.25, 0.3) is 0 Å². The molecule has 7 nitrogen and oxygen atoms in total. The molecule has 0 aromatic heterocycles. The topological polar surface area (TPSA) is 78.9 Å². The lowest BCUT2D eigenvalue weighted by Gasteiger charge is -2.52. The molecule has 0 aromatic carbocycles. The molecule has 3 rings (SSSR count). The Labute approximate surface area is 215 Å². The van der Waals surface area contributed by atoms with Gasteiger partial charge in [0.05, 0.1) is 49.8 Å². The monoisotopic (exact) mass is 532 g/mol. The van der Waals surface area contributed by atoms with Crippen LogP contribution in [0.25, 0.3) is 0 Å². The molecule has 0 aromatic rings. The standard InChI is InChI=1S/C26H52O7Si2/c1-23(2,3)35(24(4,5)6)29-13-12-19-20(28-14-15-30-35)17-25(7,33-34(9,10)11)21(31-19)16-22-26(8,18-27)32-22/h19-22,27H,12-18H2,1-11H3. The zero-order valence-electron chi connectivity index (χ0n) is 24.2. The molecule has 3 aliphatic heterocycles. The van der Waals surface area contributed by atoms with Crippen LogP contribution in [0, 0.1) is 0 Å². The summed E-state index contributed by atoms with van der Waals surface area (Å²) < 4.78 is 39.4. The summed E-state index contributed by atoms with van der Waals surface area (Å²) in [7, 11) is -4.46. The zero-order valence-corrected chi connectivity index (χ0v) is 26.2. The van der Waals surface area contributed by atoms with Gasteiger partial charge in [-0.25, -0.2) is 0 Å². The summed E-state index contributed by atoms with van der Waals surface area (Å²) in [4.78, 5) is 0. The molecular formula is C26H52O7Si2. The number of aliphatic hydroxyl groups is 1. The van der Waals surface area contributed by atoms with Crippen LogP contribution in [0.1, 0.15) is 74.7 Å². The lowest BCUT2D eigenvalue weighted by Crippen LogP contribution is -2.61. The predicted molar refractivity (Wildman–Crippen MR) is 143 cm³/mol. The Balaban J connectivity index is 1.82. The molecule has 0 bridgehead atoms. The van der Waals surface area contributed by atoms with E-state index in [4.69, 9.17) is 27.5 Å². The number of ether oxygens (including phenoxy) is 3. The minimum atomic E-state index is -2.60. The molecule has 3 aliphatic rings. The van der Waals surface area contributed by atoms with E-state index < -0.39 is 28.1 Å². The number of rotatable bonds is 5. The van der Waals surface area contributed by atoms with Crippen LogP contribution in [0.15, 0.2) is 0 Å². The van der Waals surface area contributed by atoms with Crippen molar-refractivity contribution in [3.05, 3.63) is 0 Å². The molecule has 6 unspecified atom stereocenters. The predicted octanol–water partition coefficient (Wildman–Crippen LogP) is 5.16. The summed E-state index contributed by atoms with van der Waals surface area (Å²) in [6.45, 7) is 25.8. The minimum absolute atomic E-state index is 0.0191. The lowest BCUT2D eigenvalue weighted by molar-refractivity contribution is -0.222. The second kappa shape index (κ2) is 10.0. The average molecular weight is 533 g/mol. The molecule has 0 saturated carbocycles. The van der Waals surface area contributed by atoms with Gasteiger partial charge in [-0.05, 0) is 39.9 Å². The number of hydrogen-bond donors (Lipinski definition) is 1. The lowest BCUT2D eigenvalue weighted by atomic mass is 9.83. The van der Waals surface area contributed by atoms with Crippen molar-refractivity contribution < 1.29 is 32.6 Å². The fourth-order valence-corrected chi connectivity index (χ4v) is 12.8. The highest BCUT2D eigenvalue weighted by Gasteiger charge is 2.60. The molecule has 1 N–H and O–H groups in total. The molecule has 0 amide bonds. The Kier molecular flexibility index (Phi) is 8.52. The van der Waals surface area contributed by atoms with Crippen molar-refractivity contribution in [3.63, 3.8) is 0 Å². The fourth-order valence-electron chi connectivity index (χ4n) is 6.30. The number of epoxide rings is 1. The summed E-state index contributed by atoms with van der Waals surface area (Å²) in [5.41, 5.74) is -0.951. The summed E-state index contributed by atoms with van der Waals surface area (Å²) in [6.07, 6.45) is 1.89. The van der Waals surface area contributed by atoms with Crippen molar-refractivity contribution in [3.8, 4) is 0 Å². The van der Waals surface area contributed by atoms with E-state index in [0.29, 0.717) is 26.2 Å². The van der Waals surface area contributed by atoms with E-state index in [1.54, 1.807) is 0 Å². The molecule has 3 fully saturated rings. The third-order valence-electron chi connectivity index (χ3n) is 7.76. The van der Waals surface area contributed by atoms with Crippen LogP contribution in [0.4, 0.5) is 0 Å². The first-order valence-electron chi connectivity index (χ1n) is 13.4. The Hall–Kier alpha value is 0.154. The van der Waals surface area contributed by atoms with Crippen molar-refractivity contribution in [2.75, 3.05) is 26.4 Å². The van der Waals surface area contributed by atoms with Crippen LogP contribution in [0.5, 0.6) is 0 Å². The van der Waals surface area contributed by atoms with Gasteiger partial charge in [-0.1, -0.05) is 41.5 Å². The van der Waals surface area contributed by atoms with Crippen LogP contribution in [-0.4, -0.2) is 84.0 Å². The van der Waals surface area contributed by atoms with Crippen molar-refractivity contribution in [1.29, 1.82) is 0 Å². The van der Waals surface area contributed by atoms with E-state index in [-0.39, 0.29) is 41.1 Å². The van der Waals surface area contributed by atoms with Gasteiger partial charge in [-0.2, -0.15) is 0 Å². The van der Waals surface area contributed by atoms with Crippen molar-refractivity contribution >= 4 is 16.9 Å². The highest BCUT2D eigenvalue weighted by Crippen LogP contribution is 2.53. The molecule has 0 aliphatic carbocycles. The Bertz CT molecular complexity index is 715. The minimum Gasteiger partial charge on any atom is -0.410 e. The Morgan fingerprint density at radius 1 is 0.914 bits per heavy atom. The molecule has 0 spiro atoms. The largest absolute Gasteiger partial charge is 0.410 e. The quantitative estimate of drug-likeness (QED) is 0.387. The molecule has 3 heterocycles. The van der Waals surface area contributed by atoms with E-state index >= 15 is 0 Å². The average Bonchev–Trinajstić information content (AvgIpc) is 3.33. The van der Waals surface area contributed by atoms with E-state index in [9.17, 15) is 5.11 Å². The third kappa shape index (κ3) is 6.42. The van der Waals surface area contributed by atoms with Gasteiger partial charge in [0.1, 0.15) is 5.60 Å². The van der Waals surface area contributed by atoms with E-state index in [2.05, 4.69) is 68.1 Å². The summed E-state index contributed by atoms with van der Waals surface area (Å²) in [5.74, 6) is 0. The highest BCUT2D eigenvalue weighted by atomic mass is 28.4. The van der Waals surface area contributed by atoms with Crippen LogP contribution in [-0.2, 0) is 27.5 Å². The number of aliphatic hydroxyl groups excluding tert-OH is 1. The highest BCUT2D eigenvalue weighted by molar-refractivity contribution is 6.73. The molecule has 6 atom stereocenters. The molecule has 3 saturated heterocycles. The SMILES string of the molecule is CC1(CO)OC1CC1OC2CCO[Si](C(C)(C)C)(C(C)(C)C)OCCOC2CC1(C)O[Si](C)(C)C. The number of fused-ring (bicyclic) bond motifs is 1. The molecule has 9 heteroatoms. The second-order valence-corrected chi connectivity index (χ2v) is 23.5. The second-order valence-electron chi connectivity index (χ2n) is 14.2. The van der Waals surface area contributed by atoms with E-state index in [1.165, 1.54) is 0 Å². The summed E-state index contributed by atoms with van der Waals surface area (Å²) in [5, 5.41) is 9.58. The summed E-state index contributed by atoms with van der Waals surface area (Å²) in [6, 6.07) is 0. The normalized spacial score (nSPS) is 39.1. The molecule has 0 radical (unpaired) electrons. The van der Waals surface area contributed by atoms with Gasteiger partial charge in [-0.15, -0.1) is 0 Å². The Morgan fingerprint density at radius 2 is 1.51 bits per heavy atom. The van der Waals surface area contributed by atoms with Gasteiger partial charge in [0, 0.05) is 29.5 Å². The van der Waals surface area contributed by atoms with Crippen LogP contribution < -0.4 is 0 Å². The van der Waals surface area contributed by atoms with Crippen molar-refractivity contribution in [2.24, 2.45) is 0 Å². The van der Waals surface area contributed by atoms with Gasteiger partial charge in [0.2, 0.25) is 0 Å². The van der Waals surface area contributed by atoms with Gasteiger partial charge >= 0.3 is 8.56 Å². The van der Waals surface area contributed by atoms with Gasteiger partial charge < -0.3 is 32.6 Å². The first kappa shape index (κ1) is 29.7. The summed E-state index contributed by atoms with van der Waals surface area (Å²) >= 11 is 0. The first-order valence-corrected chi connectivity index (χ1v) is 18.6. The molecule has 206 valence electrons. The van der Waals surface area contributed by atoms with Crippen LogP contribution in [0.2, 0.25) is 29.7 Å². The van der Waals surface area contributed by atoms with Gasteiger partial charge in [0.15, 0.2) is 8.32 Å². The maximum Gasteiger partial charge on any atom is 0.349 e. The zero-order chi connectivity index (χ0) is 26.5. The third-order valence-corrected chi connectivity index (χ3v) is 14.0. The Morgan fingerprint density at radius 3 is 2.03 bits per heavy atom. The van der Waals surface area contributed by atoms with E-state index in [0.717, 1.165) is 12.8 Å².